The third kappa shape index (κ3) is 3.26. The molecule has 1 aromatic carbocycles. The highest BCUT2D eigenvalue weighted by molar-refractivity contribution is 6.04. The molecular formula is C19H24N2O3. The van der Waals surface area contributed by atoms with Crippen molar-refractivity contribution in [3.8, 4) is 0 Å². The van der Waals surface area contributed by atoms with E-state index in [2.05, 4.69) is 11.4 Å². The molecule has 0 aromatic heterocycles. The molecule has 3 rings (SSSR count). The Hall–Kier alpha value is -2.01. The van der Waals surface area contributed by atoms with E-state index in [1.165, 1.54) is 12.5 Å². The van der Waals surface area contributed by atoms with Crippen molar-refractivity contribution in [1.29, 1.82) is 0 Å². The van der Waals surface area contributed by atoms with Gasteiger partial charge in [-0.25, -0.2) is 0 Å². The molecule has 3 unspecified atom stereocenters. The predicted octanol–water partition coefficient (Wildman–Crippen LogP) is 1.59. The number of Topliss-reactive ketones (excluding diaryl/α,β-unsaturated/α-hetero) is 2. The number of fused-ring (bicyclic) bond motifs is 1. The zero-order chi connectivity index (χ0) is 17.3. The third-order valence-corrected chi connectivity index (χ3v) is 5.36. The second kappa shape index (κ2) is 6.85. The first-order valence-corrected chi connectivity index (χ1v) is 8.64. The highest BCUT2D eigenvalue weighted by Crippen LogP contribution is 2.36. The molecule has 5 heteroatoms. The summed E-state index contributed by atoms with van der Waals surface area (Å²) >= 11 is 0. The number of nitrogens with one attached hydrogen (secondary N) is 1. The lowest BCUT2D eigenvalue weighted by Gasteiger charge is -2.18. The topological polar surface area (TPSA) is 89.3 Å². The van der Waals surface area contributed by atoms with Gasteiger partial charge in [-0.1, -0.05) is 18.2 Å². The van der Waals surface area contributed by atoms with E-state index < -0.39 is 17.7 Å². The monoisotopic (exact) mass is 328 g/mol. The average molecular weight is 328 g/mol. The molecule has 1 fully saturated rings. The van der Waals surface area contributed by atoms with Crippen molar-refractivity contribution in [1.82, 2.24) is 5.32 Å². The summed E-state index contributed by atoms with van der Waals surface area (Å²) < 4.78 is 0. The number of amides is 1. The fourth-order valence-corrected chi connectivity index (χ4v) is 3.97. The Labute approximate surface area is 142 Å². The highest BCUT2D eigenvalue weighted by Gasteiger charge is 2.39. The predicted molar refractivity (Wildman–Crippen MR) is 90.8 cm³/mol. The molecule has 1 heterocycles. The summed E-state index contributed by atoms with van der Waals surface area (Å²) in [6.07, 6.45) is 2.30. The van der Waals surface area contributed by atoms with Crippen LogP contribution in [0.5, 0.6) is 0 Å². The maximum Gasteiger partial charge on any atom is 0.221 e. The van der Waals surface area contributed by atoms with Gasteiger partial charge in [-0.05, 0) is 49.8 Å². The largest absolute Gasteiger partial charge is 0.369 e. The lowest BCUT2D eigenvalue weighted by Crippen LogP contribution is -2.33. The SMILES string of the molecule is CC(=O)CCC(C(N)=O)C1Cc2cc(C3CCNC3)ccc2C1=O. The lowest BCUT2D eigenvalue weighted by atomic mass is 9.84. The second-order valence-corrected chi connectivity index (χ2v) is 7.03. The normalized spacial score (nSPS) is 24.0. The van der Waals surface area contributed by atoms with Crippen LogP contribution in [0.3, 0.4) is 0 Å². The van der Waals surface area contributed by atoms with Crippen LogP contribution in [0.1, 0.15) is 53.6 Å². The van der Waals surface area contributed by atoms with Crippen LogP contribution >= 0.6 is 0 Å². The van der Waals surface area contributed by atoms with Crippen LogP contribution in [0.2, 0.25) is 0 Å². The zero-order valence-corrected chi connectivity index (χ0v) is 14.0. The van der Waals surface area contributed by atoms with Gasteiger partial charge in [-0.3, -0.25) is 9.59 Å². The molecule has 1 aromatic rings. The summed E-state index contributed by atoms with van der Waals surface area (Å²) in [7, 11) is 0. The van der Waals surface area contributed by atoms with Gasteiger partial charge in [-0.15, -0.1) is 0 Å². The van der Waals surface area contributed by atoms with E-state index in [0.717, 1.165) is 25.1 Å². The van der Waals surface area contributed by atoms with E-state index in [4.69, 9.17) is 5.73 Å². The minimum atomic E-state index is -0.564. The number of benzene rings is 1. The molecule has 0 bridgehead atoms. The molecule has 2 aliphatic rings. The number of nitrogens with two attached hydrogens (primary N) is 1. The molecule has 1 saturated heterocycles. The van der Waals surface area contributed by atoms with Gasteiger partial charge in [-0.2, -0.15) is 0 Å². The first kappa shape index (κ1) is 16.8. The van der Waals surface area contributed by atoms with Crippen molar-refractivity contribution in [2.45, 2.75) is 38.5 Å². The molecule has 1 aliphatic carbocycles. The number of ketones is 2. The molecule has 128 valence electrons. The molecule has 3 atom stereocenters. The summed E-state index contributed by atoms with van der Waals surface area (Å²) in [4.78, 5) is 35.8. The number of primary amides is 1. The van der Waals surface area contributed by atoms with Crippen molar-refractivity contribution in [2.24, 2.45) is 17.6 Å². The Morgan fingerprint density at radius 1 is 1.38 bits per heavy atom. The van der Waals surface area contributed by atoms with Crippen LogP contribution in [0.4, 0.5) is 0 Å². The molecule has 3 N–H and O–H groups in total. The number of hydrogen-bond donors (Lipinski definition) is 2. The Morgan fingerprint density at radius 3 is 2.79 bits per heavy atom. The van der Waals surface area contributed by atoms with Gasteiger partial charge in [0.2, 0.25) is 5.91 Å². The van der Waals surface area contributed by atoms with E-state index in [9.17, 15) is 14.4 Å². The first-order chi connectivity index (χ1) is 11.5. The van der Waals surface area contributed by atoms with Crippen molar-refractivity contribution >= 4 is 17.5 Å². The van der Waals surface area contributed by atoms with Gasteiger partial charge in [0.1, 0.15) is 5.78 Å². The Balaban J connectivity index is 1.80. The van der Waals surface area contributed by atoms with Crippen molar-refractivity contribution < 1.29 is 14.4 Å². The number of carbonyl (C=O) groups excluding carboxylic acids is 3. The molecule has 5 nitrogen and oxygen atoms in total. The summed E-state index contributed by atoms with van der Waals surface area (Å²) in [5.41, 5.74) is 8.50. The fourth-order valence-electron chi connectivity index (χ4n) is 3.97. The van der Waals surface area contributed by atoms with Crippen LogP contribution in [0, 0.1) is 11.8 Å². The molecular weight excluding hydrogens is 304 g/mol. The van der Waals surface area contributed by atoms with Gasteiger partial charge in [0.05, 0.1) is 0 Å². The number of rotatable bonds is 6. The fraction of sp³-hybridized carbons (Fsp3) is 0.526. The summed E-state index contributed by atoms with van der Waals surface area (Å²) in [6.45, 7) is 3.49. The minimum absolute atomic E-state index is 0.00607. The van der Waals surface area contributed by atoms with Crippen LogP contribution in [-0.2, 0) is 16.0 Å². The summed E-state index contributed by atoms with van der Waals surface area (Å²) in [5.74, 6) is -0.968. The van der Waals surface area contributed by atoms with Gasteiger partial charge < -0.3 is 15.8 Å². The number of carbonyl (C=O) groups is 3. The quantitative estimate of drug-likeness (QED) is 0.830. The van der Waals surface area contributed by atoms with Gasteiger partial charge in [0.25, 0.3) is 0 Å². The Bertz CT molecular complexity index is 677. The van der Waals surface area contributed by atoms with E-state index in [-0.39, 0.29) is 18.0 Å². The second-order valence-electron chi connectivity index (χ2n) is 7.03. The van der Waals surface area contributed by atoms with Gasteiger partial charge in [0, 0.05) is 30.4 Å². The third-order valence-electron chi connectivity index (χ3n) is 5.36. The molecule has 0 saturated carbocycles. The standard InChI is InChI=1S/C19H24N2O3/c1-11(22)2-4-16(19(20)24)17-9-14-8-12(13-6-7-21-10-13)3-5-15(14)18(17)23/h3,5,8,13,16-17,21H,2,4,6-7,9-10H2,1H3,(H2,20,24). The van der Waals surface area contributed by atoms with E-state index >= 15 is 0 Å². The van der Waals surface area contributed by atoms with Crippen LogP contribution in [-0.4, -0.2) is 30.6 Å². The van der Waals surface area contributed by atoms with E-state index in [0.29, 0.717) is 24.3 Å². The summed E-state index contributed by atoms with van der Waals surface area (Å²) in [5, 5.41) is 3.36. The van der Waals surface area contributed by atoms with Crippen molar-refractivity contribution in [3.05, 3.63) is 34.9 Å². The highest BCUT2D eigenvalue weighted by atomic mass is 16.1. The maximum absolute atomic E-state index is 12.7. The van der Waals surface area contributed by atoms with Gasteiger partial charge >= 0.3 is 0 Å². The average Bonchev–Trinajstić information content (AvgIpc) is 3.16. The zero-order valence-electron chi connectivity index (χ0n) is 14.0. The molecule has 24 heavy (non-hydrogen) atoms. The van der Waals surface area contributed by atoms with Crippen LogP contribution < -0.4 is 11.1 Å². The number of hydrogen-bond acceptors (Lipinski definition) is 4. The molecule has 1 aliphatic heterocycles. The Kier molecular flexibility index (Phi) is 4.81. The van der Waals surface area contributed by atoms with E-state index in [1.54, 1.807) is 0 Å². The molecule has 1 amide bonds. The lowest BCUT2D eigenvalue weighted by molar-refractivity contribution is -0.123. The summed E-state index contributed by atoms with van der Waals surface area (Å²) in [6, 6.07) is 6.05. The van der Waals surface area contributed by atoms with Crippen molar-refractivity contribution in [3.63, 3.8) is 0 Å². The van der Waals surface area contributed by atoms with Crippen molar-refractivity contribution in [2.75, 3.05) is 13.1 Å². The molecule has 0 spiro atoms. The Morgan fingerprint density at radius 2 is 2.17 bits per heavy atom. The molecule has 0 radical (unpaired) electrons. The maximum atomic E-state index is 12.7. The van der Waals surface area contributed by atoms with Gasteiger partial charge in [0.15, 0.2) is 5.78 Å². The first-order valence-electron chi connectivity index (χ1n) is 8.64. The van der Waals surface area contributed by atoms with E-state index in [1.807, 2.05) is 12.1 Å². The minimum Gasteiger partial charge on any atom is -0.369 e. The smallest absolute Gasteiger partial charge is 0.221 e. The van der Waals surface area contributed by atoms with Crippen LogP contribution in [0.25, 0.3) is 0 Å². The van der Waals surface area contributed by atoms with Crippen LogP contribution in [0.15, 0.2) is 18.2 Å².